The number of hydrogen-bond donors (Lipinski definition) is 2. The average molecular weight is 266 g/mol. The van der Waals surface area contributed by atoms with Crippen molar-refractivity contribution >= 4 is 11.5 Å². The zero-order chi connectivity index (χ0) is 13.9. The summed E-state index contributed by atoms with van der Waals surface area (Å²) < 4.78 is 10.9. The molecular formula is C13H22N4O2. The third kappa shape index (κ3) is 3.47. The number of nitrogen functional groups attached to an aromatic ring is 1. The van der Waals surface area contributed by atoms with Gasteiger partial charge in [-0.3, -0.25) is 0 Å². The molecule has 2 rings (SSSR count). The van der Waals surface area contributed by atoms with E-state index in [-0.39, 0.29) is 11.6 Å². The quantitative estimate of drug-likeness (QED) is 0.865. The van der Waals surface area contributed by atoms with Crippen molar-refractivity contribution in [2.75, 3.05) is 24.3 Å². The van der Waals surface area contributed by atoms with Crippen molar-refractivity contribution in [3.8, 4) is 5.88 Å². The first-order valence-electron chi connectivity index (χ1n) is 6.63. The standard InChI is InChI=1S/C13H22N4O2/c1-9(2)19-12-10(14)11(15-8-16-12)17-13(3)4-6-18-7-5-13/h8-9H,4-7,14H2,1-3H3,(H,15,16,17). The second-order valence-electron chi connectivity index (χ2n) is 5.41. The number of rotatable bonds is 4. The molecule has 19 heavy (non-hydrogen) atoms. The molecule has 1 saturated heterocycles. The van der Waals surface area contributed by atoms with Gasteiger partial charge in [-0.15, -0.1) is 0 Å². The van der Waals surface area contributed by atoms with Crippen LogP contribution in [0.3, 0.4) is 0 Å². The molecule has 0 aliphatic carbocycles. The van der Waals surface area contributed by atoms with Crippen molar-refractivity contribution < 1.29 is 9.47 Å². The predicted molar refractivity (Wildman–Crippen MR) is 74.3 cm³/mol. The Labute approximate surface area is 113 Å². The lowest BCUT2D eigenvalue weighted by Gasteiger charge is -2.35. The van der Waals surface area contributed by atoms with Crippen LogP contribution >= 0.6 is 0 Å². The van der Waals surface area contributed by atoms with Gasteiger partial charge in [0.05, 0.1) is 6.10 Å². The summed E-state index contributed by atoms with van der Waals surface area (Å²) in [4.78, 5) is 8.29. The summed E-state index contributed by atoms with van der Waals surface area (Å²) in [6.45, 7) is 7.54. The number of nitrogens with two attached hydrogens (primary N) is 1. The van der Waals surface area contributed by atoms with Gasteiger partial charge in [-0.2, -0.15) is 4.98 Å². The van der Waals surface area contributed by atoms with E-state index in [1.165, 1.54) is 6.33 Å². The Hall–Kier alpha value is -1.56. The fraction of sp³-hybridized carbons (Fsp3) is 0.692. The Morgan fingerprint density at radius 1 is 1.37 bits per heavy atom. The van der Waals surface area contributed by atoms with Gasteiger partial charge in [-0.05, 0) is 33.6 Å². The molecule has 1 aromatic heterocycles. The maximum atomic E-state index is 6.06. The summed E-state index contributed by atoms with van der Waals surface area (Å²) in [5.41, 5.74) is 6.48. The van der Waals surface area contributed by atoms with Crippen LogP contribution < -0.4 is 15.8 Å². The summed E-state index contributed by atoms with van der Waals surface area (Å²) >= 11 is 0. The van der Waals surface area contributed by atoms with Crippen LogP contribution in [-0.4, -0.2) is 34.8 Å². The highest BCUT2D eigenvalue weighted by Crippen LogP contribution is 2.31. The minimum atomic E-state index is -0.0458. The van der Waals surface area contributed by atoms with Crippen molar-refractivity contribution in [3.05, 3.63) is 6.33 Å². The highest BCUT2D eigenvalue weighted by Gasteiger charge is 2.28. The summed E-state index contributed by atoms with van der Waals surface area (Å²) in [5, 5.41) is 3.40. The summed E-state index contributed by atoms with van der Waals surface area (Å²) in [7, 11) is 0. The summed E-state index contributed by atoms with van der Waals surface area (Å²) in [5.74, 6) is 1.07. The van der Waals surface area contributed by atoms with E-state index >= 15 is 0 Å². The Kier molecular flexibility index (Phi) is 4.09. The van der Waals surface area contributed by atoms with Crippen molar-refractivity contribution in [3.63, 3.8) is 0 Å². The van der Waals surface area contributed by atoms with E-state index in [9.17, 15) is 0 Å². The largest absolute Gasteiger partial charge is 0.473 e. The number of ether oxygens (including phenoxy) is 2. The third-order valence-corrected chi connectivity index (χ3v) is 3.21. The maximum absolute atomic E-state index is 6.06. The lowest BCUT2D eigenvalue weighted by Crippen LogP contribution is -2.41. The molecular weight excluding hydrogens is 244 g/mol. The molecule has 0 unspecified atom stereocenters. The van der Waals surface area contributed by atoms with Crippen LogP contribution in [0.5, 0.6) is 5.88 Å². The van der Waals surface area contributed by atoms with Gasteiger partial charge in [0.25, 0.3) is 0 Å². The summed E-state index contributed by atoms with van der Waals surface area (Å²) in [6.07, 6.45) is 3.36. The molecule has 1 aromatic rings. The monoisotopic (exact) mass is 266 g/mol. The van der Waals surface area contributed by atoms with Crippen LogP contribution in [0.25, 0.3) is 0 Å². The van der Waals surface area contributed by atoms with E-state index in [4.69, 9.17) is 15.2 Å². The predicted octanol–water partition coefficient (Wildman–Crippen LogP) is 1.83. The highest BCUT2D eigenvalue weighted by molar-refractivity contribution is 5.67. The number of anilines is 2. The van der Waals surface area contributed by atoms with Crippen LogP contribution in [-0.2, 0) is 4.74 Å². The van der Waals surface area contributed by atoms with Crippen molar-refractivity contribution in [1.82, 2.24) is 9.97 Å². The van der Waals surface area contributed by atoms with Crippen molar-refractivity contribution in [2.45, 2.75) is 45.3 Å². The van der Waals surface area contributed by atoms with E-state index < -0.39 is 0 Å². The molecule has 6 heteroatoms. The molecule has 0 radical (unpaired) electrons. The highest BCUT2D eigenvalue weighted by atomic mass is 16.5. The Morgan fingerprint density at radius 2 is 2.05 bits per heavy atom. The number of aromatic nitrogens is 2. The molecule has 1 aliphatic rings. The first-order valence-corrected chi connectivity index (χ1v) is 6.63. The average Bonchev–Trinajstić information content (AvgIpc) is 2.34. The SMILES string of the molecule is CC(C)Oc1ncnc(NC2(C)CCOCC2)c1N. The molecule has 2 heterocycles. The van der Waals surface area contributed by atoms with Gasteiger partial charge < -0.3 is 20.5 Å². The van der Waals surface area contributed by atoms with Crippen LogP contribution in [0.1, 0.15) is 33.6 Å². The minimum Gasteiger partial charge on any atom is -0.473 e. The second-order valence-corrected chi connectivity index (χ2v) is 5.41. The van der Waals surface area contributed by atoms with Gasteiger partial charge in [-0.25, -0.2) is 4.98 Å². The smallest absolute Gasteiger partial charge is 0.242 e. The van der Waals surface area contributed by atoms with E-state index in [1.54, 1.807) is 0 Å². The molecule has 1 aliphatic heterocycles. The molecule has 0 amide bonds. The van der Waals surface area contributed by atoms with Crippen LogP contribution in [0.4, 0.5) is 11.5 Å². The van der Waals surface area contributed by atoms with E-state index in [0.29, 0.717) is 17.4 Å². The van der Waals surface area contributed by atoms with Gasteiger partial charge in [0.15, 0.2) is 5.82 Å². The molecule has 0 spiro atoms. The van der Waals surface area contributed by atoms with Gasteiger partial charge >= 0.3 is 0 Å². The number of nitrogens with one attached hydrogen (secondary N) is 1. The minimum absolute atomic E-state index is 0.0312. The fourth-order valence-electron chi connectivity index (χ4n) is 2.03. The van der Waals surface area contributed by atoms with E-state index in [2.05, 4.69) is 22.2 Å². The fourth-order valence-corrected chi connectivity index (χ4v) is 2.03. The van der Waals surface area contributed by atoms with Crippen LogP contribution in [0, 0.1) is 0 Å². The number of nitrogens with zero attached hydrogens (tertiary/aromatic N) is 2. The Morgan fingerprint density at radius 3 is 2.68 bits per heavy atom. The van der Waals surface area contributed by atoms with Gasteiger partial charge in [0.1, 0.15) is 12.0 Å². The first kappa shape index (κ1) is 13.9. The topological polar surface area (TPSA) is 82.3 Å². The molecule has 0 bridgehead atoms. The van der Waals surface area contributed by atoms with Gasteiger partial charge in [-0.1, -0.05) is 0 Å². The molecule has 6 nitrogen and oxygen atoms in total. The zero-order valence-corrected chi connectivity index (χ0v) is 11.8. The maximum Gasteiger partial charge on any atom is 0.242 e. The molecule has 0 atom stereocenters. The van der Waals surface area contributed by atoms with Gasteiger partial charge in [0, 0.05) is 18.8 Å². The third-order valence-electron chi connectivity index (χ3n) is 3.21. The van der Waals surface area contributed by atoms with E-state index in [1.807, 2.05) is 13.8 Å². The Balaban J connectivity index is 2.15. The molecule has 0 aromatic carbocycles. The number of hydrogen-bond acceptors (Lipinski definition) is 6. The molecule has 3 N–H and O–H groups in total. The first-order chi connectivity index (χ1) is 9.00. The second kappa shape index (κ2) is 5.61. The van der Waals surface area contributed by atoms with Crippen LogP contribution in [0.2, 0.25) is 0 Å². The normalized spacial score (nSPS) is 18.3. The summed E-state index contributed by atoms with van der Waals surface area (Å²) in [6, 6.07) is 0. The lowest BCUT2D eigenvalue weighted by molar-refractivity contribution is 0.0657. The van der Waals surface area contributed by atoms with Gasteiger partial charge in [0.2, 0.25) is 5.88 Å². The van der Waals surface area contributed by atoms with Crippen LogP contribution in [0.15, 0.2) is 6.33 Å². The van der Waals surface area contributed by atoms with E-state index in [0.717, 1.165) is 26.1 Å². The zero-order valence-electron chi connectivity index (χ0n) is 11.8. The van der Waals surface area contributed by atoms with Crippen molar-refractivity contribution in [2.24, 2.45) is 0 Å². The van der Waals surface area contributed by atoms with Crippen molar-refractivity contribution in [1.29, 1.82) is 0 Å². The molecule has 106 valence electrons. The molecule has 1 fully saturated rings. The molecule has 0 saturated carbocycles. The lowest BCUT2D eigenvalue weighted by atomic mass is 9.92. The Bertz CT molecular complexity index is 431.